The number of carbonyl (C=O) groups is 2. The molecule has 0 aliphatic carbocycles. The quantitative estimate of drug-likeness (QED) is 0.867. The van der Waals surface area contributed by atoms with E-state index < -0.39 is 0 Å². The maximum Gasteiger partial charge on any atom is 0.328 e. The van der Waals surface area contributed by atoms with Crippen molar-refractivity contribution in [2.24, 2.45) is 0 Å². The minimum Gasteiger partial charge on any atom is -0.370 e. The van der Waals surface area contributed by atoms with E-state index in [1.54, 1.807) is 11.1 Å². The molecule has 130 valence electrons. The second-order valence-electron chi connectivity index (χ2n) is 6.38. The minimum absolute atomic E-state index is 0.229. The second kappa shape index (κ2) is 6.68. The molecular formula is C18H21N5O2. The Balaban J connectivity index is 1.76. The van der Waals surface area contributed by atoms with Crippen LogP contribution in [0.4, 0.5) is 16.2 Å². The van der Waals surface area contributed by atoms with Crippen LogP contribution in [-0.4, -0.2) is 49.6 Å². The highest BCUT2D eigenvalue weighted by Gasteiger charge is 2.26. The minimum atomic E-state index is -0.380. The number of hydrogen-bond acceptors (Lipinski definition) is 5. The fourth-order valence-corrected chi connectivity index (χ4v) is 3.54. The van der Waals surface area contributed by atoms with Crippen molar-refractivity contribution in [3.63, 3.8) is 0 Å². The van der Waals surface area contributed by atoms with Crippen LogP contribution in [0.25, 0.3) is 10.8 Å². The van der Waals surface area contributed by atoms with Gasteiger partial charge in [-0.3, -0.25) is 20.0 Å². The van der Waals surface area contributed by atoms with Gasteiger partial charge in [-0.2, -0.15) is 0 Å². The average molecular weight is 339 g/mol. The van der Waals surface area contributed by atoms with Crippen molar-refractivity contribution < 1.29 is 9.59 Å². The second-order valence-corrected chi connectivity index (χ2v) is 6.38. The van der Waals surface area contributed by atoms with E-state index in [-0.39, 0.29) is 11.9 Å². The third-order valence-corrected chi connectivity index (χ3v) is 4.79. The summed E-state index contributed by atoms with van der Waals surface area (Å²) in [5, 5.41) is 7.81. The third kappa shape index (κ3) is 3.02. The van der Waals surface area contributed by atoms with Crippen LogP contribution in [0.3, 0.4) is 0 Å². The van der Waals surface area contributed by atoms with Gasteiger partial charge in [0.15, 0.2) is 0 Å². The number of hydrogen-bond donors (Lipinski definition) is 2. The van der Waals surface area contributed by atoms with E-state index in [4.69, 9.17) is 0 Å². The lowest BCUT2D eigenvalue weighted by atomic mass is 10.1. The van der Waals surface area contributed by atoms with Crippen LogP contribution in [0.5, 0.6) is 0 Å². The fourth-order valence-electron chi connectivity index (χ4n) is 3.54. The lowest BCUT2D eigenvalue weighted by Crippen LogP contribution is -2.49. The number of anilines is 2. The van der Waals surface area contributed by atoms with Gasteiger partial charge in [-0.1, -0.05) is 12.1 Å². The van der Waals surface area contributed by atoms with E-state index in [9.17, 15) is 9.59 Å². The Bertz CT molecular complexity index is 814. The molecule has 0 bridgehead atoms. The van der Waals surface area contributed by atoms with Crippen LogP contribution >= 0.6 is 0 Å². The van der Waals surface area contributed by atoms with Crippen molar-refractivity contribution in [2.45, 2.75) is 12.8 Å². The topological polar surface area (TPSA) is 77.6 Å². The maximum absolute atomic E-state index is 12.2. The smallest absolute Gasteiger partial charge is 0.328 e. The number of aromatic nitrogens is 1. The van der Waals surface area contributed by atoms with Gasteiger partial charge >= 0.3 is 6.03 Å². The number of carbonyl (C=O) groups excluding carboxylic acids is 2. The molecule has 2 saturated heterocycles. The van der Waals surface area contributed by atoms with Crippen LogP contribution in [0.2, 0.25) is 0 Å². The van der Waals surface area contributed by atoms with E-state index in [1.807, 2.05) is 18.3 Å². The first-order valence-electron chi connectivity index (χ1n) is 8.68. The van der Waals surface area contributed by atoms with Gasteiger partial charge in [-0.25, -0.2) is 4.79 Å². The largest absolute Gasteiger partial charge is 0.370 e. The van der Waals surface area contributed by atoms with E-state index >= 15 is 0 Å². The Labute approximate surface area is 146 Å². The molecule has 0 unspecified atom stereocenters. The number of fused-ring (bicyclic) bond motifs is 1. The zero-order chi connectivity index (χ0) is 17.2. The van der Waals surface area contributed by atoms with Gasteiger partial charge in [0, 0.05) is 55.3 Å². The number of benzene rings is 1. The molecular weight excluding hydrogens is 318 g/mol. The SMILES string of the molecule is O=C1CCN(c2cncc3c(N4CCCNCC4)cccc23)C(=O)N1. The molecule has 2 aliphatic heterocycles. The van der Waals surface area contributed by atoms with E-state index in [0.29, 0.717) is 13.0 Å². The normalized spacial score (nSPS) is 19.0. The molecule has 0 spiro atoms. The standard InChI is InChI=1S/C18H21N5O2/c24-17-5-9-23(18(25)21-17)16-12-20-11-14-13(16)3-1-4-15(14)22-8-2-6-19-7-10-22/h1,3-4,11-12,19H,2,5-10H2,(H,21,24,25). The molecule has 25 heavy (non-hydrogen) atoms. The summed E-state index contributed by atoms with van der Waals surface area (Å²) in [6, 6.07) is 5.76. The number of nitrogens with zero attached hydrogens (tertiary/aromatic N) is 3. The van der Waals surface area contributed by atoms with Gasteiger partial charge in [0.25, 0.3) is 0 Å². The Morgan fingerprint density at radius 2 is 1.88 bits per heavy atom. The Morgan fingerprint density at radius 1 is 0.960 bits per heavy atom. The predicted octanol–water partition coefficient (Wildman–Crippen LogP) is 1.48. The Kier molecular flexibility index (Phi) is 4.23. The lowest BCUT2D eigenvalue weighted by molar-refractivity contribution is -0.120. The van der Waals surface area contributed by atoms with Crippen molar-refractivity contribution in [1.82, 2.24) is 15.6 Å². The zero-order valence-electron chi connectivity index (χ0n) is 14.0. The van der Waals surface area contributed by atoms with Crippen LogP contribution in [0.15, 0.2) is 30.6 Å². The number of urea groups is 1. The van der Waals surface area contributed by atoms with Gasteiger partial charge in [0.1, 0.15) is 0 Å². The van der Waals surface area contributed by atoms with Crippen LogP contribution in [0.1, 0.15) is 12.8 Å². The first kappa shape index (κ1) is 15.8. The van der Waals surface area contributed by atoms with Gasteiger partial charge in [0.2, 0.25) is 5.91 Å². The summed E-state index contributed by atoms with van der Waals surface area (Å²) in [4.78, 5) is 32.0. The molecule has 1 aromatic heterocycles. The van der Waals surface area contributed by atoms with Gasteiger partial charge in [-0.05, 0) is 19.0 Å². The molecule has 2 aromatic rings. The monoisotopic (exact) mass is 339 g/mol. The predicted molar refractivity (Wildman–Crippen MR) is 96.9 cm³/mol. The summed E-state index contributed by atoms with van der Waals surface area (Å²) in [5.41, 5.74) is 1.89. The molecule has 2 fully saturated rings. The summed E-state index contributed by atoms with van der Waals surface area (Å²) >= 11 is 0. The maximum atomic E-state index is 12.2. The third-order valence-electron chi connectivity index (χ3n) is 4.79. The van der Waals surface area contributed by atoms with Crippen LogP contribution < -0.4 is 20.4 Å². The molecule has 0 atom stereocenters. The molecule has 0 radical (unpaired) electrons. The summed E-state index contributed by atoms with van der Waals surface area (Å²) in [7, 11) is 0. The van der Waals surface area contributed by atoms with Gasteiger partial charge in [-0.15, -0.1) is 0 Å². The zero-order valence-corrected chi connectivity index (χ0v) is 14.0. The first-order chi connectivity index (χ1) is 12.2. The number of amides is 3. The van der Waals surface area contributed by atoms with Gasteiger partial charge in [0.05, 0.1) is 11.9 Å². The number of pyridine rings is 1. The lowest BCUT2D eigenvalue weighted by Gasteiger charge is -2.28. The molecule has 2 aliphatic rings. The number of rotatable bonds is 2. The van der Waals surface area contributed by atoms with Crippen molar-refractivity contribution in [2.75, 3.05) is 42.5 Å². The van der Waals surface area contributed by atoms with Crippen molar-refractivity contribution in [3.8, 4) is 0 Å². The highest BCUT2D eigenvalue weighted by molar-refractivity contribution is 6.11. The van der Waals surface area contributed by atoms with Gasteiger partial charge < -0.3 is 10.2 Å². The molecule has 7 heteroatoms. The molecule has 1 aromatic carbocycles. The summed E-state index contributed by atoms with van der Waals surface area (Å²) in [5.74, 6) is -0.229. The summed E-state index contributed by atoms with van der Waals surface area (Å²) in [6.45, 7) is 4.31. The molecule has 2 N–H and O–H groups in total. The van der Waals surface area contributed by atoms with Crippen molar-refractivity contribution >= 4 is 34.1 Å². The van der Waals surface area contributed by atoms with Crippen molar-refractivity contribution in [1.29, 1.82) is 0 Å². The molecule has 7 nitrogen and oxygen atoms in total. The highest BCUT2D eigenvalue weighted by Crippen LogP contribution is 2.33. The van der Waals surface area contributed by atoms with Crippen LogP contribution in [-0.2, 0) is 4.79 Å². The molecule has 3 amide bonds. The average Bonchev–Trinajstić information content (AvgIpc) is 2.90. The van der Waals surface area contributed by atoms with E-state index in [2.05, 4.69) is 26.6 Å². The number of imide groups is 1. The highest BCUT2D eigenvalue weighted by atomic mass is 16.2. The molecule has 0 saturated carbocycles. The van der Waals surface area contributed by atoms with Crippen LogP contribution in [0, 0.1) is 0 Å². The van der Waals surface area contributed by atoms with Crippen molar-refractivity contribution in [3.05, 3.63) is 30.6 Å². The van der Waals surface area contributed by atoms with E-state index in [0.717, 1.165) is 54.7 Å². The number of nitrogens with one attached hydrogen (secondary N) is 2. The van der Waals surface area contributed by atoms with E-state index in [1.165, 1.54) is 0 Å². The first-order valence-corrected chi connectivity index (χ1v) is 8.68. The Hall–Kier alpha value is -2.67. The fraction of sp³-hybridized carbons (Fsp3) is 0.389. The Morgan fingerprint density at radius 3 is 2.76 bits per heavy atom. The molecule has 3 heterocycles. The molecule has 4 rings (SSSR count). The summed E-state index contributed by atoms with van der Waals surface area (Å²) in [6.07, 6.45) is 4.96. The summed E-state index contributed by atoms with van der Waals surface area (Å²) < 4.78 is 0.